The molecule has 1 amide bonds. The van der Waals surface area contributed by atoms with Gasteiger partial charge >= 0.3 is 0 Å². The first-order valence-corrected chi connectivity index (χ1v) is 9.40. The highest BCUT2D eigenvalue weighted by Gasteiger charge is 2.36. The summed E-state index contributed by atoms with van der Waals surface area (Å²) in [7, 11) is -3.80. The Morgan fingerprint density at radius 2 is 2.12 bits per heavy atom. The first kappa shape index (κ1) is 22.7. The Bertz CT molecular complexity index is 721. The maximum Gasteiger partial charge on any atom is 0.277 e. The van der Waals surface area contributed by atoms with E-state index in [0.717, 1.165) is 0 Å². The molecular formula is C14H24ClF2N5O3S. The summed E-state index contributed by atoms with van der Waals surface area (Å²) in [6, 6.07) is 0. The van der Waals surface area contributed by atoms with Gasteiger partial charge < -0.3 is 11.1 Å². The van der Waals surface area contributed by atoms with E-state index in [-0.39, 0.29) is 30.4 Å². The summed E-state index contributed by atoms with van der Waals surface area (Å²) < 4.78 is 53.2. The van der Waals surface area contributed by atoms with Gasteiger partial charge in [-0.1, -0.05) is 0 Å². The molecule has 8 nitrogen and oxygen atoms in total. The molecule has 4 N–H and O–H groups in total. The summed E-state index contributed by atoms with van der Waals surface area (Å²) in [5.41, 5.74) is 5.71. The minimum Gasteiger partial charge on any atom is -0.350 e. The number of aromatic amines is 1. The second-order valence-electron chi connectivity index (χ2n) is 6.24. The Morgan fingerprint density at radius 3 is 2.65 bits per heavy atom. The summed E-state index contributed by atoms with van der Waals surface area (Å²) in [5.74, 6) is -4.44. The highest BCUT2D eigenvalue weighted by atomic mass is 35.5. The highest BCUT2D eigenvalue weighted by Crippen LogP contribution is 2.27. The van der Waals surface area contributed by atoms with Crippen LogP contribution >= 0.6 is 12.4 Å². The molecule has 0 aliphatic carbocycles. The second-order valence-corrected chi connectivity index (χ2v) is 8.12. The van der Waals surface area contributed by atoms with Crippen LogP contribution in [0.15, 0.2) is 4.90 Å². The number of rotatable bonds is 6. The third kappa shape index (κ3) is 4.90. The molecule has 1 unspecified atom stereocenters. The summed E-state index contributed by atoms with van der Waals surface area (Å²) >= 11 is 0. The molecule has 1 aliphatic rings. The number of halogens is 3. The number of hydrogen-bond donors (Lipinski definition) is 3. The Balaban J connectivity index is 0.00000338. The van der Waals surface area contributed by atoms with Crippen molar-refractivity contribution in [2.24, 2.45) is 11.7 Å². The fourth-order valence-electron chi connectivity index (χ4n) is 2.86. The number of carbonyl (C=O) groups is 1. The molecule has 2 rings (SSSR count). The zero-order valence-corrected chi connectivity index (χ0v) is 16.2. The first-order valence-electron chi connectivity index (χ1n) is 7.96. The molecule has 0 radical (unpaired) electrons. The normalized spacial score (nSPS) is 19.0. The average molecular weight is 416 g/mol. The van der Waals surface area contributed by atoms with Gasteiger partial charge in [0.05, 0.1) is 30.4 Å². The zero-order valence-electron chi connectivity index (χ0n) is 14.6. The van der Waals surface area contributed by atoms with E-state index in [1.54, 1.807) is 13.8 Å². The molecule has 1 aliphatic heterocycles. The smallest absolute Gasteiger partial charge is 0.277 e. The molecule has 26 heavy (non-hydrogen) atoms. The molecule has 0 saturated carbocycles. The van der Waals surface area contributed by atoms with E-state index in [9.17, 15) is 22.0 Å². The van der Waals surface area contributed by atoms with E-state index >= 15 is 0 Å². The van der Waals surface area contributed by atoms with Crippen LogP contribution in [0.2, 0.25) is 0 Å². The fraction of sp³-hybridized carbons (Fsp3) is 0.714. The van der Waals surface area contributed by atoms with Crippen LogP contribution in [0.3, 0.4) is 0 Å². The summed E-state index contributed by atoms with van der Waals surface area (Å²) in [6.07, 6.45) is 0.913. The number of hydrogen-bond acceptors (Lipinski definition) is 5. The van der Waals surface area contributed by atoms with Crippen molar-refractivity contribution in [2.75, 3.05) is 26.2 Å². The number of aryl methyl sites for hydroxylation is 2. The van der Waals surface area contributed by atoms with E-state index < -0.39 is 40.9 Å². The molecule has 2 heterocycles. The van der Waals surface area contributed by atoms with Crippen molar-refractivity contribution in [1.82, 2.24) is 19.8 Å². The average Bonchev–Trinajstić information content (AvgIpc) is 2.92. The van der Waals surface area contributed by atoms with Crippen molar-refractivity contribution in [1.29, 1.82) is 0 Å². The second kappa shape index (κ2) is 8.59. The van der Waals surface area contributed by atoms with Gasteiger partial charge in [0.2, 0.25) is 15.9 Å². The Kier molecular flexibility index (Phi) is 7.52. The Labute approximate surface area is 157 Å². The van der Waals surface area contributed by atoms with Crippen LogP contribution in [0, 0.1) is 19.8 Å². The molecule has 0 bridgehead atoms. The SMILES string of the molecule is Cc1n[nH]c(C)c1S(=O)(=O)N1CCCC(C(=O)NCC(F)(F)CN)C1.Cl. The van der Waals surface area contributed by atoms with E-state index in [1.165, 1.54) is 4.31 Å². The number of amides is 1. The molecule has 1 aromatic rings. The minimum absolute atomic E-state index is 0. The number of nitrogens with zero attached hydrogens (tertiary/aromatic N) is 2. The predicted octanol–water partition coefficient (Wildman–Crippen LogP) is 0.559. The highest BCUT2D eigenvalue weighted by molar-refractivity contribution is 7.89. The van der Waals surface area contributed by atoms with Crippen LogP contribution < -0.4 is 11.1 Å². The Hall–Kier alpha value is -1.30. The minimum atomic E-state index is -3.80. The maximum atomic E-state index is 13.2. The number of aromatic nitrogens is 2. The number of piperidine rings is 1. The van der Waals surface area contributed by atoms with Crippen molar-refractivity contribution in [3.8, 4) is 0 Å². The molecule has 150 valence electrons. The number of alkyl halides is 2. The van der Waals surface area contributed by atoms with E-state index in [1.807, 2.05) is 0 Å². The van der Waals surface area contributed by atoms with E-state index in [0.29, 0.717) is 24.2 Å². The molecule has 1 atom stereocenters. The van der Waals surface area contributed by atoms with Gasteiger partial charge in [0, 0.05) is 13.1 Å². The van der Waals surface area contributed by atoms with Crippen molar-refractivity contribution in [2.45, 2.75) is 37.5 Å². The van der Waals surface area contributed by atoms with Gasteiger partial charge in [-0.05, 0) is 26.7 Å². The van der Waals surface area contributed by atoms with Crippen molar-refractivity contribution in [3.05, 3.63) is 11.4 Å². The lowest BCUT2D eigenvalue weighted by Crippen LogP contribution is -2.48. The predicted molar refractivity (Wildman–Crippen MR) is 93.8 cm³/mol. The van der Waals surface area contributed by atoms with Crippen LogP contribution in [0.5, 0.6) is 0 Å². The Morgan fingerprint density at radius 1 is 1.46 bits per heavy atom. The monoisotopic (exact) mass is 415 g/mol. The molecule has 0 spiro atoms. The summed E-state index contributed by atoms with van der Waals surface area (Å²) in [5, 5.41) is 8.69. The quantitative estimate of drug-likeness (QED) is 0.626. The van der Waals surface area contributed by atoms with E-state index in [4.69, 9.17) is 5.73 Å². The number of sulfonamides is 1. The number of nitrogens with one attached hydrogen (secondary N) is 2. The van der Waals surface area contributed by atoms with Gasteiger partial charge in [0.15, 0.2) is 0 Å². The number of H-pyrrole nitrogens is 1. The maximum absolute atomic E-state index is 13.2. The van der Waals surface area contributed by atoms with Crippen LogP contribution in [0.4, 0.5) is 8.78 Å². The molecule has 0 aromatic carbocycles. The van der Waals surface area contributed by atoms with Gasteiger partial charge in [0.1, 0.15) is 4.90 Å². The van der Waals surface area contributed by atoms with Crippen LogP contribution in [-0.2, 0) is 14.8 Å². The van der Waals surface area contributed by atoms with Crippen LogP contribution in [0.25, 0.3) is 0 Å². The lowest BCUT2D eigenvalue weighted by molar-refractivity contribution is -0.127. The summed E-state index contributed by atoms with van der Waals surface area (Å²) in [6.45, 7) is 1.69. The van der Waals surface area contributed by atoms with E-state index in [2.05, 4.69) is 15.5 Å². The van der Waals surface area contributed by atoms with Gasteiger partial charge in [0.25, 0.3) is 5.92 Å². The van der Waals surface area contributed by atoms with Gasteiger partial charge in [-0.15, -0.1) is 12.4 Å². The standard InChI is InChI=1S/C14H23F2N5O3S.ClH/c1-9-12(10(2)20-19-9)25(23,24)21-5-3-4-11(6-21)13(22)18-8-14(15,16)7-17;/h11H,3-8,17H2,1-2H3,(H,18,22)(H,19,20);1H. The lowest BCUT2D eigenvalue weighted by Gasteiger charge is -2.31. The fourth-order valence-corrected chi connectivity index (χ4v) is 4.71. The van der Waals surface area contributed by atoms with Gasteiger partial charge in [-0.3, -0.25) is 9.89 Å². The van der Waals surface area contributed by atoms with Crippen molar-refractivity contribution >= 4 is 28.3 Å². The van der Waals surface area contributed by atoms with Crippen molar-refractivity contribution in [3.63, 3.8) is 0 Å². The summed E-state index contributed by atoms with van der Waals surface area (Å²) in [4.78, 5) is 12.2. The lowest BCUT2D eigenvalue weighted by atomic mass is 9.99. The molecular weight excluding hydrogens is 392 g/mol. The zero-order chi connectivity index (χ0) is 18.8. The van der Waals surface area contributed by atoms with Gasteiger partial charge in [-0.2, -0.15) is 9.40 Å². The number of carbonyl (C=O) groups excluding carboxylic acids is 1. The third-order valence-corrected chi connectivity index (χ3v) is 6.36. The number of nitrogens with two attached hydrogens (primary N) is 1. The van der Waals surface area contributed by atoms with Crippen molar-refractivity contribution < 1.29 is 22.0 Å². The third-order valence-electron chi connectivity index (χ3n) is 4.23. The van der Waals surface area contributed by atoms with Crippen LogP contribution in [0.1, 0.15) is 24.2 Å². The van der Waals surface area contributed by atoms with Crippen LogP contribution in [-0.4, -0.2) is 60.9 Å². The topological polar surface area (TPSA) is 121 Å². The largest absolute Gasteiger partial charge is 0.350 e. The molecule has 1 fully saturated rings. The molecule has 1 aromatic heterocycles. The first-order chi connectivity index (χ1) is 11.6. The van der Waals surface area contributed by atoms with Gasteiger partial charge in [-0.25, -0.2) is 17.2 Å². The molecule has 12 heteroatoms. The molecule has 1 saturated heterocycles.